The minimum atomic E-state index is -0.322. The molecule has 2 aliphatic heterocycles. The molecule has 3 aromatic rings. The van der Waals surface area contributed by atoms with Crippen molar-refractivity contribution in [1.82, 2.24) is 14.5 Å². The molecule has 0 saturated carbocycles. The van der Waals surface area contributed by atoms with Crippen LogP contribution < -0.4 is 15.3 Å². The van der Waals surface area contributed by atoms with Crippen LogP contribution in [0.15, 0.2) is 53.3 Å². The van der Waals surface area contributed by atoms with Crippen LogP contribution in [0.3, 0.4) is 0 Å². The number of nitrogens with one attached hydrogen (secondary N) is 1. The van der Waals surface area contributed by atoms with Gasteiger partial charge in [0.05, 0.1) is 30.4 Å². The van der Waals surface area contributed by atoms with Gasteiger partial charge < -0.3 is 19.4 Å². The van der Waals surface area contributed by atoms with Crippen LogP contribution in [0.25, 0.3) is 11.0 Å². The number of para-hydroxylation sites is 4. The van der Waals surface area contributed by atoms with Crippen molar-refractivity contribution in [2.24, 2.45) is 0 Å². The summed E-state index contributed by atoms with van der Waals surface area (Å²) in [7, 11) is 1.60. The fourth-order valence-corrected chi connectivity index (χ4v) is 4.89. The second-order valence-electron chi connectivity index (χ2n) is 8.47. The van der Waals surface area contributed by atoms with Crippen molar-refractivity contribution in [1.29, 1.82) is 0 Å². The first-order valence-corrected chi connectivity index (χ1v) is 11.2. The van der Waals surface area contributed by atoms with E-state index in [-0.39, 0.29) is 23.9 Å². The highest BCUT2D eigenvalue weighted by Gasteiger charge is 2.34. The van der Waals surface area contributed by atoms with Crippen LogP contribution in [-0.4, -0.2) is 59.9 Å². The van der Waals surface area contributed by atoms with E-state index >= 15 is 0 Å². The number of nitrogens with zero attached hydrogens (tertiary/aromatic N) is 3. The van der Waals surface area contributed by atoms with Crippen LogP contribution in [0.1, 0.15) is 25.3 Å². The maximum atomic E-state index is 12.5. The van der Waals surface area contributed by atoms with E-state index in [1.165, 1.54) is 0 Å². The molecule has 1 unspecified atom stereocenters. The molecular weight excluding hydrogens is 408 g/mol. The number of benzene rings is 2. The first-order chi connectivity index (χ1) is 15.6. The van der Waals surface area contributed by atoms with E-state index in [0.29, 0.717) is 12.3 Å². The molecule has 2 fully saturated rings. The normalized spacial score (nSPS) is 20.1. The van der Waals surface area contributed by atoms with Crippen molar-refractivity contribution in [2.75, 3.05) is 38.2 Å². The number of carbonyl (C=O) groups excluding carboxylic acids is 1. The molecule has 3 heterocycles. The van der Waals surface area contributed by atoms with Gasteiger partial charge in [-0.25, -0.2) is 9.59 Å². The van der Waals surface area contributed by atoms with Crippen LogP contribution in [0.2, 0.25) is 0 Å². The molecule has 8 nitrogen and oxygen atoms in total. The topological polar surface area (TPSA) is 79.8 Å². The van der Waals surface area contributed by atoms with Crippen LogP contribution in [0, 0.1) is 0 Å². The standard InChI is InChI=1S/C24H28N4O4/c1-31-22-9-5-4-8-21(22)27-16-18(32-24(27)30)12-15-26-13-10-17(11-14-26)28-20-7-3-2-6-19(20)25-23(28)29/h2-9,17-18H,10-16H2,1H3,(H,25,29). The van der Waals surface area contributed by atoms with Gasteiger partial charge in [0.2, 0.25) is 0 Å². The van der Waals surface area contributed by atoms with Gasteiger partial charge in [0.1, 0.15) is 11.9 Å². The van der Waals surface area contributed by atoms with E-state index in [1.54, 1.807) is 12.0 Å². The monoisotopic (exact) mass is 436 g/mol. The lowest BCUT2D eigenvalue weighted by atomic mass is 10.0. The molecule has 5 rings (SSSR count). The van der Waals surface area contributed by atoms with Gasteiger partial charge in [-0.3, -0.25) is 9.47 Å². The first kappa shape index (κ1) is 20.6. The number of carbonyl (C=O) groups is 1. The molecule has 168 valence electrons. The largest absolute Gasteiger partial charge is 0.495 e. The number of aromatic amines is 1. The predicted octanol–water partition coefficient (Wildman–Crippen LogP) is 3.39. The summed E-state index contributed by atoms with van der Waals surface area (Å²) in [6.07, 6.45) is 2.19. The lowest BCUT2D eigenvalue weighted by Crippen LogP contribution is -2.38. The summed E-state index contributed by atoms with van der Waals surface area (Å²) in [6.45, 7) is 3.24. The van der Waals surface area contributed by atoms with Crippen molar-refractivity contribution in [2.45, 2.75) is 31.4 Å². The van der Waals surface area contributed by atoms with Crippen LogP contribution >= 0.6 is 0 Å². The summed E-state index contributed by atoms with van der Waals surface area (Å²) in [4.78, 5) is 31.9. The molecular formula is C24H28N4O4. The van der Waals surface area contributed by atoms with Crippen molar-refractivity contribution < 1.29 is 14.3 Å². The van der Waals surface area contributed by atoms with Gasteiger partial charge in [-0.15, -0.1) is 0 Å². The molecule has 0 aliphatic carbocycles. The second-order valence-corrected chi connectivity index (χ2v) is 8.47. The zero-order valence-corrected chi connectivity index (χ0v) is 18.2. The van der Waals surface area contributed by atoms with Crippen LogP contribution in [0.4, 0.5) is 10.5 Å². The molecule has 1 amide bonds. The highest BCUT2D eigenvalue weighted by molar-refractivity contribution is 5.91. The number of methoxy groups -OCH3 is 1. The maximum absolute atomic E-state index is 12.5. The number of aromatic nitrogens is 2. The van der Waals surface area contributed by atoms with Crippen molar-refractivity contribution in [3.05, 3.63) is 59.0 Å². The Hall–Kier alpha value is -3.26. The van der Waals surface area contributed by atoms with E-state index in [2.05, 4.69) is 9.88 Å². The number of rotatable bonds is 6. The number of likely N-dealkylation sites (tertiary alicyclic amines) is 1. The van der Waals surface area contributed by atoms with E-state index in [4.69, 9.17) is 9.47 Å². The van der Waals surface area contributed by atoms with Crippen molar-refractivity contribution in [3.63, 3.8) is 0 Å². The molecule has 0 spiro atoms. The number of hydrogen-bond acceptors (Lipinski definition) is 5. The molecule has 1 atom stereocenters. The van der Waals surface area contributed by atoms with Crippen LogP contribution in [0.5, 0.6) is 5.75 Å². The number of piperidine rings is 1. The lowest BCUT2D eigenvalue weighted by molar-refractivity contribution is 0.117. The number of amides is 1. The third kappa shape index (κ3) is 3.86. The van der Waals surface area contributed by atoms with Gasteiger partial charge in [-0.05, 0) is 43.5 Å². The summed E-state index contributed by atoms with van der Waals surface area (Å²) in [5.41, 5.74) is 2.58. The minimum absolute atomic E-state index is 0.0288. The number of ether oxygens (including phenoxy) is 2. The molecule has 32 heavy (non-hydrogen) atoms. The Morgan fingerprint density at radius 1 is 1.06 bits per heavy atom. The molecule has 2 aliphatic rings. The molecule has 8 heteroatoms. The summed E-state index contributed by atoms with van der Waals surface area (Å²) < 4.78 is 12.9. The average Bonchev–Trinajstić information content (AvgIpc) is 3.36. The summed E-state index contributed by atoms with van der Waals surface area (Å²) >= 11 is 0. The Bertz CT molecular complexity index is 1160. The Morgan fingerprint density at radius 3 is 2.62 bits per heavy atom. The van der Waals surface area contributed by atoms with Gasteiger partial charge >= 0.3 is 11.8 Å². The quantitative estimate of drug-likeness (QED) is 0.641. The predicted molar refractivity (Wildman–Crippen MR) is 122 cm³/mol. The summed E-state index contributed by atoms with van der Waals surface area (Å²) in [5, 5.41) is 0. The number of fused-ring (bicyclic) bond motifs is 1. The van der Waals surface area contributed by atoms with Crippen molar-refractivity contribution in [3.8, 4) is 5.75 Å². The van der Waals surface area contributed by atoms with Gasteiger partial charge in [0, 0.05) is 25.7 Å². The number of hydrogen-bond donors (Lipinski definition) is 1. The smallest absolute Gasteiger partial charge is 0.414 e. The molecule has 1 aromatic heterocycles. The number of H-pyrrole nitrogens is 1. The Balaban J connectivity index is 1.16. The third-order valence-corrected chi connectivity index (χ3v) is 6.56. The summed E-state index contributed by atoms with van der Waals surface area (Å²) in [6, 6.07) is 15.6. The fraction of sp³-hybridized carbons (Fsp3) is 0.417. The van der Waals surface area contributed by atoms with Gasteiger partial charge in [0.25, 0.3) is 0 Å². The third-order valence-electron chi connectivity index (χ3n) is 6.56. The molecule has 0 radical (unpaired) electrons. The molecule has 2 saturated heterocycles. The Morgan fingerprint density at radius 2 is 1.81 bits per heavy atom. The van der Waals surface area contributed by atoms with Crippen molar-refractivity contribution >= 4 is 22.8 Å². The van der Waals surface area contributed by atoms with Crippen LogP contribution in [-0.2, 0) is 4.74 Å². The zero-order chi connectivity index (χ0) is 22.1. The van der Waals surface area contributed by atoms with Gasteiger partial charge in [-0.2, -0.15) is 0 Å². The summed E-state index contributed by atoms with van der Waals surface area (Å²) in [5.74, 6) is 0.666. The second kappa shape index (κ2) is 8.70. The Labute approximate surface area is 186 Å². The van der Waals surface area contributed by atoms with E-state index in [0.717, 1.165) is 55.6 Å². The maximum Gasteiger partial charge on any atom is 0.414 e. The Kier molecular flexibility index (Phi) is 5.61. The van der Waals surface area contributed by atoms with Gasteiger partial charge in [-0.1, -0.05) is 24.3 Å². The molecule has 1 N–H and O–H groups in total. The highest BCUT2D eigenvalue weighted by atomic mass is 16.6. The molecule has 2 aromatic carbocycles. The van der Waals surface area contributed by atoms with E-state index in [1.807, 2.05) is 53.1 Å². The fourth-order valence-electron chi connectivity index (χ4n) is 4.89. The highest BCUT2D eigenvalue weighted by Crippen LogP contribution is 2.32. The first-order valence-electron chi connectivity index (χ1n) is 11.2. The molecule has 0 bridgehead atoms. The average molecular weight is 437 g/mol. The zero-order valence-electron chi connectivity index (χ0n) is 18.2. The van der Waals surface area contributed by atoms with Gasteiger partial charge in [0.15, 0.2) is 0 Å². The SMILES string of the molecule is COc1ccccc1N1CC(CCN2CCC(n3c(=O)[nH]c4ccccc43)CC2)OC1=O. The lowest BCUT2D eigenvalue weighted by Gasteiger charge is -2.32. The number of cyclic esters (lactones) is 1. The van der Waals surface area contributed by atoms with E-state index in [9.17, 15) is 9.59 Å². The number of imidazole rings is 1. The minimum Gasteiger partial charge on any atom is -0.495 e. The number of anilines is 1. The van der Waals surface area contributed by atoms with E-state index < -0.39 is 0 Å².